The second kappa shape index (κ2) is 13.8. The van der Waals surface area contributed by atoms with Crippen molar-refractivity contribution in [2.75, 3.05) is 18.6 Å². The van der Waals surface area contributed by atoms with Crippen LogP contribution in [-0.2, 0) is 44.3 Å². The molecule has 0 spiro atoms. The van der Waals surface area contributed by atoms with Crippen molar-refractivity contribution in [3.63, 3.8) is 0 Å². The molecular weight excluding hydrogens is 609 g/mol. The summed E-state index contributed by atoms with van der Waals surface area (Å²) in [5.74, 6) is -2.53. The van der Waals surface area contributed by atoms with E-state index < -0.39 is 29.2 Å². The number of fused-ring (bicyclic) bond motifs is 2. The van der Waals surface area contributed by atoms with E-state index in [0.29, 0.717) is 11.3 Å². The van der Waals surface area contributed by atoms with Gasteiger partial charge in [0.2, 0.25) is 11.5 Å². The van der Waals surface area contributed by atoms with Gasteiger partial charge in [0, 0.05) is 47.5 Å². The molecule has 18 heteroatoms. The van der Waals surface area contributed by atoms with E-state index in [9.17, 15) is 19.5 Å². The summed E-state index contributed by atoms with van der Waals surface area (Å²) in [6.07, 6.45) is 5.16. The quantitative estimate of drug-likeness (QED) is 0.105. The van der Waals surface area contributed by atoms with Crippen LogP contribution < -0.4 is 20.7 Å². The topological polar surface area (TPSA) is 184 Å². The smallest absolute Gasteiger partial charge is 0.307 e. The van der Waals surface area contributed by atoms with Crippen molar-refractivity contribution in [1.82, 2.24) is 29.2 Å². The first-order valence-electron chi connectivity index (χ1n) is 10.8. The van der Waals surface area contributed by atoms with Crippen molar-refractivity contribution in [2.24, 2.45) is 5.16 Å². The number of nitrogens with two attached hydrogens (primary N) is 1. The fraction of sp³-hybridized carbons (Fsp3) is 0.286. The Kier molecular flexibility index (Phi) is 11.3. The Hall–Kier alpha value is -3.18. The number of carbonyl (C=O) groups is 3. The molecule has 207 valence electrons. The van der Waals surface area contributed by atoms with E-state index in [0.717, 1.165) is 22.1 Å². The zero-order chi connectivity index (χ0) is 26.7. The van der Waals surface area contributed by atoms with E-state index in [1.807, 2.05) is 10.6 Å². The monoisotopic (exact) mass is 631 g/mol. The van der Waals surface area contributed by atoms with Crippen LogP contribution in [0.1, 0.15) is 12.7 Å². The van der Waals surface area contributed by atoms with Crippen LogP contribution in [0.3, 0.4) is 0 Å². The summed E-state index contributed by atoms with van der Waals surface area (Å²) >= 11 is 2.21. The molecule has 0 aromatic carbocycles. The number of hydrogen-bond donors (Lipinski definition) is 2. The van der Waals surface area contributed by atoms with Gasteiger partial charge in [0.15, 0.2) is 11.3 Å². The number of carboxylic acids is 1. The van der Waals surface area contributed by atoms with Crippen molar-refractivity contribution >= 4 is 70.0 Å². The van der Waals surface area contributed by atoms with Gasteiger partial charge in [-0.3, -0.25) is 14.5 Å². The first kappa shape index (κ1) is 32.0. The summed E-state index contributed by atoms with van der Waals surface area (Å²) in [6, 6.07) is 2.64. The van der Waals surface area contributed by atoms with Crippen LogP contribution in [-0.4, -0.2) is 71.6 Å². The number of aromatic nitrogens is 5. The number of aliphatic carboxylic acids is 1. The van der Waals surface area contributed by atoms with E-state index in [2.05, 4.69) is 31.9 Å². The van der Waals surface area contributed by atoms with Crippen LogP contribution in [0.25, 0.3) is 5.65 Å². The molecule has 39 heavy (non-hydrogen) atoms. The van der Waals surface area contributed by atoms with Crippen LogP contribution in [0.2, 0.25) is 0 Å². The molecule has 3 N–H and O–H groups in total. The molecule has 5 heterocycles. The Balaban J connectivity index is 0.00000130. The number of carbonyl (C=O) groups excluding carboxylic acids is 3. The molecule has 0 bridgehead atoms. The number of halogens is 1. The zero-order valence-electron chi connectivity index (χ0n) is 20.6. The Bertz CT molecular complexity index is 1430. The van der Waals surface area contributed by atoms with Crippen molar-refractivity contribution in [1.29, 1.82) is 0 Å². The van der Waals surface area contributed by atoms with E-state index in [1.165, 1.54) is 18.9 Å². The third-order valence-corrected chi connectivity index (χ3v) is 7.26. The van der Waals surface area contributed by atoms with Gasteiger partial charge >= 0.3 is 5.65 Å². The normalized spacial score (nSPS) is 18.1. The number of oxime groups is 1. The number of β-lactam (4-membered cyclic amide) rings is 1. The summed E-state index contributed by atoms with van der Waals surface area (Å²) in [5, 5.41) is 22.0. The molecule has 2 amide bonds. The molecule has 0 aliphatic carbocycles. The molecule has 2 aliphatic rings. The molecule has 0 saturated carbocycles. The molecule has 5 rings (SSSR count). The minimum Gasteiger partial charge on any atom is -0.543 e. The second-order valence-corrected chi connectivity index (χ2v) is 9.32. The number of nitrogens with one attached hydrogen (secondary N) is 1. The molecule has 2 unspecified atom stereocenters. The van der Waals surface area contributed by atoms with Gasteiger partial charge in [-0.15, -0.1) is 28.7 Å². The van der Waals surface area contributed by atoms with Gasteiger partial charge in [-0.05, 0) is 6.07 Å². The summed E-state index contributed by atoms with van der Waals surface area (Å²) in [7, 11) is 1.25. The van der Waals surface area contributed by atoms with Gasteiger partial charge in [0.25, 0.3) is 11.8 Å². The maximum Gasteiger partial charge on any atom is 0.307 e. The molecule has 1 fully saturated rings. The average Bonchev–Trinajstić information content (AvgIpc) is 3.52. The summed E-state index contributed by atoms with van der Waals surface area (Å²) < 4.78 is 7.43. The number of anilines is 1. The third kappa shape index (κ3) is 6.20. The Labute approximate surface area is 249 Å². The number of amides is 2. The van der Waals surface area contributed by atoms with E-state index >= 15 is 0 Å². The van der Waals surface area contributed by atoms with Gasteiger partial charge < -0.3 is 32.7 Å². The Morgan fingerprint density at radius 2 is 2.15 bits per heavy atom. The third-order valence-electron chi connectivity index (χ3n) is 5.38. The molecule has 1 radical (unpaired) electrons. The van der Waals surface area contributed by atoms with Crippen LogP contribution in [0, 0.1) is 6.92 Å². The summed E-state index contributed by atoms with van der Waals surface area (Å²) in [6.45, 7) is 5.23. The fourth-order valence-corrected chi connectivity index (χ4v) is 5.66. The van der Waals surface area contributed by atoms with Crippen LogP contribution in [0.5, 0.6) is 0 Å². The molecular formula is C21H23ClN9O5S2V-. The molecule has 2 aliphatic heterocycles. The molecule has 1 saturated heterocycles. The maximum atomic E-state index is 13.0. The molecule has 2 atom stereocenters. The Morgan fingerprint density at radius 1 is 1.41 bits per heavy atom. The van der Waals surface area contributed by atoms with Gasteiger partial charge in [-0.1, -0.05) is 10.3 Å². The maximum absolute atomic E-state index is 13.0. The van der Waals surface area contributed by atoms with Gasteiger partial charge in [0.1, 0.15) is 31.3 Å². The standard InChI is InChI=1S/C19H17N9O5S2.C2H5.ClH.V/c1-33-24-11(14-23-19(20)35-25-14)15(29)22-12-16(30)28-13(18(31)32)9(8-34-17(12)28)7-26-5-6-27-10(26)3-2-4-21-27;1-2;;/h2-6,12,17H,7-8H2,1H3,(H3-,20,22,23,25,29,31,32);1H2,2H3;1H;/q;-1;;/b24-11-;;;. The average molecular weight is 632 g/mol. The predicted molar refractivity (Wildman–Crippen MR) is 139 cm³/mol. The van der Waals surface area contributed by atoms with Gasteiger partial charge in [0.05, 0.1) is 17.9 Å². The second-order valence-electron chi connectivity index (χ2n) is 7.43. The molecule has 3 aromatic rings. The van der Waals surface area contributed by atoms with Gasteiger partial charge in [-0.25, -0.2) is 4.57 Å². The largest absolute Gasteiger partial charge is 0.543 e. The minimum atomic E-state index is -1.46. The van der Waals surface area contributed by atoms with Gasteiger partial charge in [-0.2, -0.15) is 16.3 Å². The first-order valence-corrected chi connectivity index (χ1v) is 12.6. The van der Waals surface area contributed by atoms with Crippen LogP contribution in [0.4, 0.5) is 5.13 Å². The van der Waals surface area contributed by atoms with Crippen LogP contribution >= 0.6 is 35.7 Å². The van der Waals surface area contributed by atoms with Crippen molar-refractivity contribution in [3.8, 4) is 0 Å². The van der Waals surface area contributed by atoms with Crippen molar-refractivity contribution < 1.29 is 47.5 Å². The van der Waals surface area contributed by atoms with Crippen LogP contribution in [0.15, 0.2) is 47.1 Å². The number of nitrogens with zero attached hydrogens (tertiary/aromatic N) is 7. The van der Waals surface area contributed by atoms with E-state index in [4.69, 9.17) is 10.6 Å². The molecule has 3 aromatic heterocycles. The number of rotatable bonds is 7. The summed E-state index contributed by atoms with van der Waals surface area (Å²) in [5.41, 5.74) is 6.39. The first-order chi connectivity index (χ1) is 17.9. The molecule has 14 nitrogen and oxygen atoms in total. The number of nitrogen functional groups attached to an aromatic ring is 1. The SMILES string of the molecule is CO/N=C(\C(=O)NC1C(=O)N2C(C(=O)[O-])=C(C[n+]3ccn4ncccc43)CSC12)c1nsc(N)n1.Cl.[CH2-]C.[V]. The van der Waals surface area contributed by atoms with Crippen molar-refractivity contribution in [3.05, 3.63) is 54.7 Å². The predicted octanol–water partition coefficient (Wildman–Crippen LogP) is -1.23. The fourth-order valence-electron chi connectivity index (χ4n) is 3.89. The number of imidazole rings is 1. The summed E-state index contributed by atoms with van der Waals surface area (Å²) in [4.78, 5) is 47.6. The number of carboxylic acid groups (broad SMARTS) is 1. The Morgan fingerprint density at radius 3 is 2.79 bits per heavy atom. The van der Waals surface area contributed by atoms with Crippen molar-refractivity contribution in [2.45, 2.75) is 24.9 Å². The van der Waals surface area contributed by atoms with E-state index in [-0.39, 0.29) is 59.9 Å². The number of thioether (sulfide) groups is 1. The minimum absolute atomic E-state index is 0. The zero-order valence-corrected chi connectivity index (χ0v) is 24.4. The van der Waals surface area contributed by atoms with E-state index in [1.54, 1.807) is 36.1 Å². The number of hydrogen-bond acceptors (Lipinski definition) is 12.